The van der Waals surface area contributed by atoms with E-state index in [1.54, 1.807) is 45.0 Å². The minimum Gasteiger partial charge on any atom is -0.444 e. The summed E-state index contributed by atoms with van der Waals surface area (Å²) < 4.78 is 18.1. The topological polar surface area (TPSA) is 96.5 Å². The molecule has 0 fully saturated rings. The first-order valence-corrected chi connectivity index (χ1v) is 9.02. The third kappa shape index (κ3) is 7.61. The van der Waals surface area contributed by atoms with Gasteiger partial charge in [-0.15, -0.1) is 0 Å². The highest BCUT2D eigenvalue weighted by Crippen LogP contribution is 2.16. The summed E-state index contributed by atoms with van der Waals surface area (Å²) in [6.45, 7) is 5.09. The molecule has 0 heterocycles. The van der Waals surface area contributed by atoms with Crippen molar-refractivity contribution in [2.45, 2.75) is 32.9 Å². The Labute approximate surface area is 168 Å². The number of para-hydroxylation sites is 1. The molecule has 0 aliphatic heterocycles. The molecule has 0 radical (unpaired) electrons. The van der Waals surface area contributed by atoms with Gasteiger partial charge in [-0.2, -0.15) is 0 Å². The van der Waals surface area contributed by atoms with E-state index in [4.69, 9.17) is 4.74 Å². The van der Waals surface area contributed by atoms with Gasteiger partial charge in [-0.25, -0.2) is 9.18 Å². The molecule has 0 saturated heterocycles. The van der Waals surface area contributed by atoms with E-state index in [0.29, 0.717) is 16.8 Å². The number of carbonyl (C=O) groups excluding carboxylic acids is 3. The van der Waals surface area contributed by atoms with Crippen molar-refractivity contribution in [1.82, 2.24) is 10.6 Å². The molecule has 7 nitrogen and oxygen atoms in total. The van der Waals surface area contributed by atoms with Crippen LogP contribution in [-0.4, -0.2) is 30.1 Å². The maximum absolute atomic E-state index is 13.0. The monoisotopic (exact) mass is 401 g/mol. The summed E-state index contributed by atoms with van der Waals surface area (Å²) in [7, 11) is 0. The van der Waals surface area contributed by atoms with E-state index >= 15 is 0 Å². The Morgan fingerprint density at radius 1 is 0.966 bits per heavy atom. The van der Waals surface area contributed by atoms with Crippen molar-refractivity contribution in [3.63, 3.8) is 0 Å². The average Bonchev–Trinajstić information content (AvgIpc) is 2.65. The van der Waals surface area contributed by atoms with E-state index in [9.17, 15) is 18.8 Å². The molecule has 0 bridgehead atoms. The third-order valence-electron chi connectivity index (χ3n) is 3.64. The van der Waals surface area contributed by atoms with Crippen LogP contribution in [0.2, 0.25) is 0 Å². The Morgan fingerprint density at radius 2 is 1.62 bits per heavy atom. The largest absolute Gasteiger partial charge is 0.444 e. The summed E-state index contributed by atoms with van der Waals surface area (Å²) in [4.78, 5) is 35.9. The molecule has 0 saturated carbocycles. The standard InChI is InChI=1S/C21H24FN3O4/c1-21(2,3)29-20(28)24-13-18(26)23-12-15-6-4-5-7-17(15)25-19(27)14-8-10-16(22)11-9-14/h4-11H,12-13H2,1-3H3,(H,23,26)(H,24,28)(H,25,27). The summed E-state index contributed by atoms with van der Waals surface area (Å²) in [5.74, 6) is -1.23. The van der Waals surface area contributed by atoms with Crippen LogP contribution in [0.4, 0.5) is 14.9 Å². The molecule has 0 aliphatic rings. The fourth-order valence-corrected chi connectivity index (χ4v) is 2.32. The summed E-state index contributed by atoms with van der Waals surface area (Å²) in [5, 5.41) is 7.79. The first-order chi connectivity index (χ1) is 13.6. The smallest absolute Gasteiger partial charge is 0.408 e. The van der Waals surface area contributed by atoms with Crippen LogP contribution >= 0.6 is 0 Å². The van der Waals surface area contributed by atoms with E-state index in [1.807, 2.05) is 0 Å². The lowest BCUT2D eigenvalue weighted by atomic mass is 10.1. The molecule has 2 aromatic rings. The van der Waals surface area contributed by atoms with Crippen LogP contribution in [0, 0.1) is 5.82 Å². The minimum absolute atomic E-state index is 0.148. The van der Waals surface area contributed by atoms with Crippen molar-refractivity contribution < 1.29 is 23.5 Å². The zero-order valence-electron chi connectivity index (χ0n) is 16.5. The van der Waals surface area contributed by atoms with Crippen LogP contribution in [-0.2, 0) is 16.1 Å². The second kappa shape index (κ2) is 9.68. The number of nitrogens with one attached hydrogen (secondary N) is 3. The first-order valence-electron chi connectivity index (χ1n) is 9.02. The minimum atomic E-state index is -0.681. The molecular formula is C21H24FN3O4. The molecule has 0 unspecified atom stereocenters. The number of halogens is 1. The number of carbonyl (C=O) groups is 3. The van der Waals surface area contributed by atoms with Crippen molar-refractivity contribution in [2.24, 2.45) is 0 Å². The molecule has 3 N–H and O–H groups in total. The van der Waals surface area contributed by atoms with Gasteiger partial charge in [-0.1, -0.05) is 18.2 Å². The van der Waals surface area contributed by atoms with Gasteiger partial charge in [0.15, 0.2) is 0 Å². The van der Waals surface area contributed by atoms with Crippen LogP contribution in [0.3, 0.4) is 0 Å². The number of ether oxygens (including phenoxy) is 1. The Hall–Kier alpha value is -3.42. The molecule has 0 aromatic heterocycles. The van der Waals surface area contributed by atoms with Crippen LogP contribution < -0.4 is 16.0 Å². The molecule has 0 atom stereocenters. The van der Waals surface area contributed by atoms with Gasteiger partial charge in [0.1, 0.15) is 18.0 Å². The summed E-state index contributed by atoms with van der Waals surface area (Å²) in [5.41, 5.74) is 0.852. The van der Waals surface area contributed by atoms with E-state index in [2.05, 4.69) is 16.0 Å². The highest BCUT2D eigenvalue weighted by Gasteiger charge is 2.16. The Balaban J connectivity index is 1.90. The van der Waals surface area contributed by atoms with Gasteiger partial charge in [0, 0.05) is 17.8 Å². The Morgan fingerprint density at radius 3 is 2.28 bits per heavy atom. The van der Waals surface area contributed by atoms with Crippen LogP contribution in [0.1, 0.15) is 36.7 Å². The predicted octanol–water partition coefficient (Wildman–Crippen LogP) is 3.22. The quantitative estimate of drug-likeness (QED) is 0.692. The molecule has 0 aliphatic carbocycles. The van der Waals surface area contributed by atoms with Crippen LogP contribution in [0.5, 0.6) is 0 Å². The number of amides is 3. The lowest BCUT2D eigenvalue weighted by Gasteiger charge is -2.19. The maximum Gasteiger partial charge on any atom is 0.408 e. The number of alkyl carbamates (subject to hydrolysis) is 1. The van der Waals surface area contributed by atoms with Crippen molar-refractivity contribution in [2.75, 3.05) is 11.9 Å². The fourth-order valence-electron chi connectivity index (χ4n) is 2.32. The van der Waals surface area contributed by atoms with E-state index in [0.717, 1.165) is 0 Å². The third-order valence-corrected chi connectivity index (χ3v) is 3.64. The zero-order chi connectivity index (χ0) is 21.4. The summed E-state index contributed by atoms with van der Waals surface area (Å²) >= 11 is 0. The van der Waals surface area contributed by atoms with Gasteiger partial charge in [0.05, 0.1) is 0 Å². The van der Waals surface area contributed by atoms with Gasteiger partial charge in [-0.3, -0.25) is 9.59 Å². The molecule has 0 spiro atoms. The summed E-state index contributed by atoms with van der Waals surface area (Å²) in [6, 6.07) is 12.2. The second-order valence-corrected chi connectivity index (χ2v) is 7.25. The molecule has 2 rings (SSSR count). The fraction of sp³-hybridized carbons (Fsp3) is 0.286. The normalized spacial score (nSPS) is 10.8. The van der Waals surface area contributed by atoms with Crippen LogP contribution in [0.25, 0.3) is 0 Å². The van der Waals surface area contributed by atoms with Gasteiger partial charge in [0.2, 0.25) is 5.91 Å². The highest BCUT2D eigenvalue weighted by atomic mass is 19.1. The van der Waals surface area contributed by atoms with E-state index in [-0.39, 0.29) is 13.1 Å². The summed E-state index contributed by atoms with van der Waals surface area (Å²) in [6.07, 6.45) is -0.681. The number of hydrogen-bond acceptors (Lipinski definition) is 4. The highest BCUT2D eigenvalue weighted by molar-refractivity contribution is 6.04. The molecule has 3 amide bonds. The van der Waals surface area contributed by atoms with Gasteiger partial charge < -0.3 is 20.7 Å². The van der Waals surface area contributed by atoms with Crippen molar-refractivity contribution >= 4 is 23.6 Å². The molecular weight excluding hydrogens is 377 g/mol. The number of rotatable bonds is 6. The lowest BCUT2D eigenvalue weighted by Crippen LogP contribution is -2.39. The second-order valence-electron chi connectivity index (χ2n) is 7.25. The van der Waals surface area contributed by atoms with E-state index in [1.165, 1.54) is 24.3 Å². The van der Waals surface area contributed by atoms with Gasteiger partial charge in [-0.05, 0) is 56.7 Å². The molecule has 2 aromatic carbocycles. The van der Waals surface area contributed by atoms with Crippen LogP contribution in [0.15, 0.2) is 48.5 Å². The Bertz CT molecular complexity index is 876. The lowest BCUT2D eigenvalue weighted by molar-refractivity contribution is -0.120. The van der Waals surface area contributed by atoms with Crippen molar-refractivity contribution in [3.05, 3.63) is 65.5 Å². The number of anilines is 1. The van der Waals surface area contributed by atoms with Gasteiger partial charge >= 0.3 is 6.09 Å². The first kappa shape index (κ1) is 21.9. The van der Waals surface area contributed by atoms with Gasteiger partial charge in [0.25, 0.3) is 5.91 Å². The zero-order valence-corrected chi connectivity index (χ0v) is 16.5. The Kier molecular flexibility index (Phi) is 7.30. The number of hydrogen-bond donors (Lipinski definition) is 3. The SMILES string of the molecule is CC(C)(C)OC(=O)NCC(=O)NCc1ccccc1NC(=O)c1ccc(F)cc1. The molecule has 154 valence electrons. The van der Waals surface area contributed by atoms with Crippen molar-refractivity contribution in [1.29, 1.82) is 0 Å². The number of benzene rings is 2. The maximum atomic E-state index is 13.0. The van der Waals surface area contributed by atoms with E-state index < -0.39 is 29.3 Å². The molecule has 29 heavy (non-hydrogen) atoms. The molecule has 8 heteroatoms. The average molecular weight is 401 g/mol. The van der Waals surface area contributed by atoms with Crippen molar-refractivity contribution in [3.8, 4) is 0 Å². The predicted molar refractivity (Wildman–Crippen MR) is 107 cm³/mol.